The lowest BCUT2D eigenvalue weighted by Crippen LogP contribution is -2.18. The van der Waals surface area contributed by atoms with E-state index in [-0.39, 0.29) is 6.03 Å². The molecule has 1 aromatic carbocycles. The lowest BCUT2D eigenvalue weighted by atomic mass is 10.2. The van der Waals surface area contributed by atoms with Gasteiger partial charge in [0.05, 0.1) is 19.9 Å². The number of benzene rings is 1. The maximum absolute atomic E-state index is 11.9. The molecule has 6 nitrogen and oxygen atoms in total. The SMILES string of the molecule is COc1ccc(OC)c(NC(=O)n2ccnc2)c1. The number of imidazole rings is 1. The lowest BCUT2D eigenvalue weighted by Gasteiger charge is -2.11. The Bertz CT molecular complexity index is 538. The van der Waals surface area contributed by atoms with Gasteiger partial charge in [-0.25, -0.2) is 9.78 Å². The molecule has 0 aliphatic carbocycles. The third-order valence-electron chi connectivity index (χ3n) is 2.39. The van der Waals surface area contributed by atoms with Crippen LogP contribution in [0.1, 0.15) is 0 Å². The van der Waals surface area contributed by atoms with Crippen molar-refractivity contribution in [3.05, 3.63) is 36.9 Å². The quantitative estimate of drug-likeness (QED) is 0.900. The van der Waals surface area contributed by atoms with Gasteiger partial charge >= 0.3 is 6.03 Å². The Balaban J connectivity index is 2.24. The molecule has 0 aliphatic rings. The standard InChI is InChI=1S/C12H13N3O3/c1-17-9-3-4-11(18-2)10(7-9)14-12(16)15-6-5-13-8-15/h3-8H,1-2H3,(H,14,16). The van der Waals surface area contributed by atoms with Gasteiger partial charge in [-0.1, -0.05) is 0 Å². The minimum absolute atomic E-state index is 0.320. The van der Waals surface area contributed by atoms with Gasteiger partial charge in [-0.2, -0.15) is 0 Å². The summed E-state index contributed by atoms with van der Waals surface area (Å²) in [5, 5.41) is 2.72. The van der Waals surface area contributed by atoms with E-state index in [1.807, 2.05) is 0 Å². The van der Waals surface area contributed by atoms with Crippen LogP contribution in [0.25, 0.3) is 0 Å². The number of nitrogens with one attached hydrogen (secondary N) is 1. The number of hydrogen-bond donors (Lipinski definition) is 1. The van der Waals surface area contributed by atoms with Crippen molar-refractivity contribution >= 4 is 11.7 Å². The van der Waals surface area contributed by atoms with Crippen LogP contribution in [0.15, 0.2) is 36.9 Å². The van der Waals surface area contributed by atoms with E-state index in [0.717, 1.165) is 0 Å². The Labute approximate surface area is 104 Å². The van der Waals surface area contributed by atoms with Crippen molar-refractivity contribution < 1.29 is 14.3 Å². The van der Waals surface area contributed by atoms with Gasteiger partial charge in [0.15, 0.2) is 0 Å². The summed E-state index contributed by atoms with van der Waals surface area (Å²) >= 11 is 0. The smallest absolute Gasteiger partial charge is 0.331 e. The van der Waals surface area contributed by atoms with Gasteiger partial charge < -0.3 is 14.8 Å². The summed E-state index contributed by atoms with van der Waals surface area (Å²) in [5.74, 6) is 1.20. The number of anilines is 1. The molecule has 6 heteroatoms. The zero-order valence-corrected chi connectivity index (χ0v) is 10.1. The molecule has 18 heavy (non-hydrogen) atoms. The van der Waals surface area contributed by atoms with E-state index in [9.17, 15) is 4.79 Å². The molecule has 0 fully saturated rings. The van der Waals surface area contributed by atoms with Crippen LogP contribution >= 0.6 is 0 Å². The number of carbonyl (C=O) groups is 1. The number of carbonyl (C=O) groups excluding carboxylic acids is 1. The molecule has 94 valence electrons. The zero-order valence-electron chi connectivity index (χ0n) is 10.1. The molecule has 0 unspecified atom stereocenters. The molecule has 0 aliphatic heterocycles. The molecular weight excluding hydrogens is 234 g/mol. The number of amides is 1. The average Bonchev–Trinajstić information content (AvgIpc) is 2.92. The highest BCUT2D eigenvalue weighted by Crippen LogP contribution is 2.28. The highest BCUT2D eigenvalue weighted by molar-refractivity contribution is 5.92. The molecule has 0 radical (unpaired) electrons. The van der Waals surface area contributed by atoms with Gasteiger partial charge in [0.25, 0.3) is 0 Å². The number of rotatable bonds is 3. The van der Waals surface area contributed by atoms with Crippen LogP contribution in [-0.2, 0) is 0 Å². The second kappa shape index (κ2) is 5.22. The number of methoxy groups -OCH3 is 2. The van der Waals surface area contributed by atoms with Gasteiger partial charge in [-0.3, -0.25) is 4.57 Å². The molecule has 0 bridgehead atoms. The Morgan fingerprint density at radius 1 is 1.33 bits per heavy atom. The van der Waals surface area contributed by atoms with Crippen molar-refractivity contribution in [2.75, 3.05) is 19.5 Å². The van der Waals surface area contributed by atoms with Gasteiger partial charge in [0.2, 0.25) is 0 Å². The Morgan fingerprint density at radius 2 is 2.17 bits per heavy atom. The maximum atomic E-state index is 11.9. The first kappa shape index (κ1) is 12.0. The Kier molecular flexibility index (Phi) is 3.47. The van der Waals surface area contributed by atoms with Crippen LogP contribution in [-0.4, -0.2) is 29.8 Å². The molecular formula is C12H13N3O3. The number of ether oxygens (including phenoxy) is 2. The summed E-state index contributed by atoms with van der Waals surface area (Å²) in [6, 6.07) is 4.85. The van der Waals surface area contributed by atoms with Crippen molar-refractivity contribution in [3.63, 3.8) is 0 Å². The second-order valence-electron chi connectivity index (χ2n) is 3.47. The topological polar surface area (TPSA) is 65.4 Å². The lowest BCUT2D eigenvalue weighted by molar-refractivity contribution is 0.253. The number of nitrogens with zero attached hydrogens (tertiary/aromatic N) is 2. The minimum atomic E-state index is -0.320. The normalized spacial score (nSPS) is 9.89. The third kappa shape index (κ3) is 2.42. The van der Waals surface area contributed by atoms with Crippen molar-refractivity contribution in [1.82, 2.24) is 9.55 Å². The van der Waals surface area contributed by atoms with E-state index in [0.29, 0.717) is 17.2 Å². The van der Waals surface area contributed by atoms with Crippen LogP contribution in [0.5, 0.6) is 11.5 Å². The average molecular weight is 247 g/mol. The van der Waals surface area contributed by atoms with Crippen LogP contribution < -0.4 is 14.8 Å². The predicted molar refractivity (Wildman–Crippen MR) is 66.2 cm³/mol. The van der Waals surface area contributed by atoms with Gasteiger partial charge in [0, 0.05) is 18.5 Å². The fourth-order valence-corrected chi connectivity index (χ4v) is 1.47. The van der Waals surface area contributed by atoms with Crippen LogP contribution in [0.4, 0.5) is 10.5 Å². The van der Waals surface area contributed by atoms with Gasteiger partial charge in [-0.15, -0.1) is 0 Å². The summed E-state index contributed by atoms with van der Waals surface area (Å²) < 4.78 is 11.6. The highest BCUT2D eigenvalue weighted by atomic mass is 16.5. The van der Waals surface area contributed by atoms with Crippen LogP contribution in [0.2, 0.25) is 0 Å². The molecule has 0 saturated heterocycles. The van der Waals surface area contributed by atoms with Gasteiger partial charge in [-0.05, 0) is 12.1 Å². The Morgan fingerprint density at radius 3 is 2.78 bits per heavy atom. The van der Waals surface area contributed by atoms with Crippen molar-refractivity contribution in [3.8, 4) is 11.5 Å². The first-order valence-electron chi connectivity index (χ1n) is 5.26. The van der Waals surface area contributed by atoms with E-state index < -0.39 is 0 Å². The molecule has 0 atom stereocenters. The van der Waals surface area contributed by atoms with E-state index >= 15 is 0 Å². The predicted octanol–water partition coefficient (Wildman–Crippen LogP) is 1.98. The van der Waals surface area contributed by atoms with Crippen molar-refractivity contribution in [2.45, 2.75) is 0 Å². The van der Waals surface area contributed by atoms with Crippen LogP contribution in [0.3, 0.4) is 0 Å². The zero-order chi connectivity index (χ0) is 13.0. The first-order valence-corrected chi connectivity index (χ1v) is 5.26. The maximum Gasteiger partial charge on any atom is 0.331 e. The molecule has 0 spiro atoms. The minimum Gasteiger partial charge on any atom is -0.497 e. The first-order chi connectivity index (χ1) is 8.74. The van der Waals surface area contributed by atoms with Gasteiger partial charge in [0.1, 0.15) is 17.8 Å². The summed E-state index contributed by atoms with van der Waals surface area (Å²) in [4.78, 5) is 15.7. The van der Waals surface area contributed by atoms with E-state index in [4.69, 9.17) is 9.47 Å². The second-order valence-corrected chi connectivity index (χ2v) is 3.47. The molecule has 0 saturated carbocycles. The summed E-state index contributed by atoms with van der Waals surface area (Å²) in [5.41, 5.74) is 0.538. The summed E-state index contributed by atoms with van der Waals surface area (Å²) in [6.45, 7) is 0. The molecule has 2 rings (SSSR count). The third-order valence-corrected chi connectivity index (χ3v) is 2.39. The van der Waals surface area contributed by atoms with Crippen molar-refractivity contribution in [1.29, 1.82) is 0 Å². The van der Waals surface area contributed by atoms with E-state index in [1.165, 1.54) is 24.2 Å². The molecule has 1 amide bonds. The largest absolute Gasteiger partial charge is 0.497 e. The van der Waals surface area contributed by atoms with E-state index in [1.54, 1.807) is 31.5 Å². The molecule has 1 heterocycles. The summed E-state index contributed by atoms with van der Waals surface area (Å²) in [7, 11) is 3.10. The van der Waals surface area contributed by atoms with Crippen molar-refractivity contribution in [2.24, 2.45) is 0 Å². The molecule has 1 N–H and O–H groups in total. The van der Waals surface area contributed by atoms with E-state index in [2.05, 4.69) is 10.3 Å². The Hall–Kier alpha value is -2.50. The van der Waals surface area contributed by atoms with Crippen LogP contribution in [0, 0.1) is 0 Å². The number of hydrogen-bond acceptors (Lipinski definition) is 4. The number of aromatic nitrogens is 2. The molecule has 1 aromatic heterocycles. The fourth-order valence-electron chi connectivity index (χ4n) is 1.47. The molecule has 2 aromatic rings. The summed E-state index contributed by atoms with van der Waals surface area (Å²) in [6.07, 6.45) is 4.51. The monoisotopic (exact) mass is 247 g/mol. The fraction of sp³-hybridized carbons (Fsp3) is 0.167. The highest BCUT2D eigenvalue weighted by Gasteiger charge is 2.09.